The number of hydrogen-bond acceptors (Lipinski definition) is 7. The summed E-state index contributed by atoms with van der Waals surface area (Å²) in [5.74, 6) is 0.836. The number of ether oxygens (including phenoxy) is 2. The Kier molecular flexibility index (Phi) is 9.32. The molecule has 5 rings (SSSR count). The average Bonchev–Trinajstić information content (AvgIpc) is 3.26. The van der Waals surface area contributed by atoms with Gasteiger partial charge >= 0.3 is 11.9 Å². The molecule has 0 aromatic carbocycles. The van der Waals surface area contributed by atoms with Crippen molar-refractivity contribution >= 4 is 17.7 Å². The first kappa shape index (κ1) is 37.5. The zero-order chi connectivity index (χ0) is 36.0. The first-order valence-corrected chi connectivity index (χ1v) is 19.0. The van der Waals surface area contributed by atoms with Crippen molar-refractivity contribution in [3.05, 3.63) is 11.1 Å². The second kappa shape index (κ2) is 11.9. The van der Waals surface area contributed by atoms with Crippen LogP contribution >= 0.6 is 0 Å². The van der Waals surface area contributed by atoms with Crippen molar-refractivity contribution in [3.63, 3.8) is 0 Å². The van der Waals surface area contributed by atoms with Crippen LogP contribution in [-0.2, 0) is 23.9 Å². The van der Waals surface area contributed by atoms with Crippen molar-refractivity contribution < 1.29 is 29.0 Å². The van der Waals surface area contributed by atoms with E-state index >= 15 is 0 Å². The van der Waals surface area contributed by atoms with E-state index in [1.54, 1.807) is 13.8 Å². The monoisotopic (exact) mass is 669 g/mol. The van der Waals surface area contributed by atoms with Gasteiger partial charge in [0.05, 0.1) is 17.9 Å². The van der Waals surface area contributed by atoms with Gasteiger partial charge in [0.25, 0.3) is 0 Å². The summed E-state index contributed by atoms with van der Waals surface area (Å²) in [5.41, 5.74) is 6.28. The van der Waals surface area contributed by atoms with E-state index in [1.807, 2.05) is 20.8 Å². The highest BCUT2D eigenvalue weighted by Gasteiger charge is 2.70. The van der Waals surface area contributed by atoms with Gasteiger partial charge < -0.3 is 20.3 Å². The van der Waals surface area contributed by atoms with Crippen LogP contribution in [0.25, 0.3) is 0 Å². The number of rotatable bonds is 7. The maximum absolute atomic E-state index is 13.7. The zero-order valence-electron chi connectivity index (χ0n) is 32.3. The van der Waals surface area contributed by atoms with Crippen molar-refractivity contribution in [3.8, 4) is 0 Å². The Balaban J connectivity index is 1.40. The number of fused-ring (bicyclic) bond motifs is 7. The number of aliphatic hydroxyl groups is 1. The number of hydrogen-bond donors (Lipinski definition) is 2. The van der Waals surface area contributed by atoms with Crippen LogP contribution in [0.15, 0.2) is 11.1 Å². The molecule has 1 unspecified atom stereocenters. The van der Waals surface area contributed by atoms with Crippen LogP contribution in [0.3, 0.4) is 0 Å². The standard InChI is InChI=1S/C41H67NO6/c1-24(2)32-26(43)21-41(29(44)23-42)20-19-39(11)25(33(32)41)13-14-28-38(10)17-16-30(37(8,9)27(38)15-18-40(28,39)12)47-31(45)22-36(6,7)34(46)48-35(3,4)5/h24-25,27-30,44H,13-23,42H2,1-12H3/t25-,27+,28-,29+,30+,38+,39-,40-,41?/m1/s1. The third-order valence-electron chi connectivity index (χ3n) is 15.1. The van der Waals surface area contributed by atoms with E-state index in [-0.39, 0.29) is 70.3 Å². The van der Waals surface area contributed by atoms with Gasteiger partial charge in [0, 0.05) is 23.8 Å². The Morgan fingerprint density at radius 2 is 1.54 bits per heavy atom. The van der Waals surface area contributed by atoms with Crippen LogP contribution in [0, 0.1) is 56.2 Å². The van der Waals surface area contributed by atoms with Gasteiger partial charge in [-0.1, -0.05) is 54.0 Å². The summed E-state index contributed by atoms with van der Waals surface area (Å²) in [5, 5.41) is 11.4. The number of esters is 2. The number of allylic oxidation sites excluding steroid dienone is 1. The van der Waals surface area contributed by atoms with Crippen LogP contribution in [0.5, 0.6) is 0 Å². The summed E-state index contributed by atoms with van der Waals surface area (Å²) in [4.78, 5) is 39.9. The summed E-state index contributed by atoms with van der Waals surface area (Å²) in [6.07, 6.45) is 7.46. The van der Waals surface area contributed by atoms with Crippen molar-refractivity contribution in [2.24, 2.45) is 61.9 Å². The minimum Gasteiger partial charge on any atom is -0.462 e. The number of Topliss-reactive ketones (excluding diaryl/α,β-unsaturated/α-hetero) is 1. The molecule has 3 N–H and O–H groups in total. The highest BCUT2D eigenvalue weighted by molar-refractivity contribution is 6.00. The number of carbonyl (C=O) groups is 3. The van der Waals surface area contributed by atoms with Crippen molar-refractivity contribution in [2.75, 3.05) is 6.54 Å². The number of carbonyl (C=O) groups excluding carboxylic acids is 3. The van der Waals surface area contributed by atoms with Crippen molar-refractivity contribution in [1.82, 2.24) is 0 Å². The predicted octanol–water partition coefficient (Wildman–Crippen LogP) is 7.96. The molecular weight excluding hydrogens is 602 g/mol. The summed E-state index contributed by atoms with van der Waals surface area (Å²) >= 11 is 0. The zero-order valence-corrected chi connectivity index (χ0v) is 32.3. The Hall–Kier alpha value is -1.73. The SMILES string of the molecule is CC(C)C1=C2[C@H]3CC[C@@H]4[C@@]5(C)CC[C@H](OC(=O)CC(C)(C)C(=O)OC(C)(C)C)C(C)(C)[C@@H]5CC[C@@]4(C)[C@]3(C)CCC2([C@@H](O)CN)CC1=O. The fourth-order valence-electron chi connectivity index (χ4n) is 12.6. The minimum absolute atomic E-state index is 0.00602. The van der Waals surface area contributed by atoms with Gasteiger partial charge in [-0.05, 0) is 131 Å². The molecule has 0 aliphatic heterocycles. The predicted molar refractivity (Wildman–Crippen MR) is 189 cm³/mol. The summed E-state index contributed by atoms with van der Waals surface area (Å²) in [7, 11) is 0. The van der Waals surface area contributed by atoms with E-state index in [0.29, 0.717) is 18.3 Å². The van der Waals surface area contributed by atoms with Gasteiger partial charge in [0.15, 0.2) is 5.78 Å². The van der Waals surface area contributed by atoms with Gasteiger partial charge in [0.1, 0.15) is 11.7 Å². The quantitative estimate of drug-likeness (QED) is 0.264. The Morgan fingerprint density at radius 1 is 0.896 bits per heavy atom. The molecule has 7 heteroatoms. The second-order valence-corrected chi connectivity index (χ2v) is 20.0. The Morgan fingerprint density at radius 3 is 2.12 bits per heavy atom. The highest BCUT2D eigenvalue weighted by Crippen LogP contribution is 2.77. The Labute approximate surface area is 290 Å². The smallest absolute Gasteiger partial charge is 0.312 e. The topological polar surface area (TPSA) is 116 Å². The van der Waals surface area contributed by atoms with Crippen LogP contribution < -0.4 is 5.73 Å². The molecule has 0 aromatic heterocycles. The minimum atomic E-state index is -0.967. The van der Waals surface area contributed by atoms with Crippen molar-refractivity contribution in [2.45, 2.75) is 165 Å². The molecule has 0 heterocycles. The van der Waals surface area contributed by atoms with Crippen molar-refractivity contribution in [1.29, 1.82) is 0 Å². The fraction of sp³-hybridized carbons (Fsp3) is 0.878. The van der Waals surface area contributed by atoms with Gasteiger partial charge in [-0.25, -0.2) is 0 Å². The first-order chi connectivity index (χ1) is 21.9. The van der Waals surface area contributed by atoms with Gasteiger partial charge in [-0.15, -0.1) is 0 Å². The first-order valence-electron chi connectivity index (χ1n) is 19.0. The van der Waals surface area contributed by atoms with Gasteiger partial charge in [-0.3, -0.25) is 14.4 Å². The molecule has 5 aliphatic carbocycles. The lowest BCUT2D eigenvalue weighted by molar-refractivity contribution is -0.235. The van der Waals surface area contributed by atoms with Crippen LogP contribution in [0.2, 0.25) is 0 Å². The van der Waals surface area contributed by atoms with Gasteiger partial charge in [-0.2, -0.15) is 0 Å². The maximum atomic E-state index is 13.7. The van der Waals surface area contributed by atoms with E-state index < -0.39 is 22.5 Å². The lowest BCUT2D eigenvalue weighted by Crippen LogP contribution is -2.66. The summed E-state index contributed by atoms with van der Waals surface area (Å²) in [6, 6.07) is 0. The lowest BCUT2D eigenvalue weighted by atomic mass is 9.33. The second-order valence-electron chi connectivity index (χ2n) is 20.0. The molecule has 4 fully saturated rings. The lowest BCUT2D eigenvalue weighted by Gasteiger charge is -2.72. The normalized spacial score (nSPS) is 40.0. The third kappa shape index (κ3) is 5.54. The number of aliphatic hydroxyl groups excluding tert-OH is 1. The molecule has 4 saturated carbocycles. The molecule has 0 radical (unpaired) electrons. The van der Waals surface area contributed by atoms with Crippen LogP contribution in [0.1, 0.15) is 147 Å². The molecule has 0 saturated heterocycles. The molecule has 0 aromatic rings. The van der Waals surface area contributed by atoms with E-state index in [9.17, 15) is 19.5 Å². The molecule has 272 valence electrons. The van der Waals surface area contributed by atoms with Gasteiger partial charge in [0.2, 0.25) is 0 Å². The van der Waals surface area contributed by atoms with E-state index in [4.69, 9.17) is 15.2 Å². The number of nitrogens with two attached hydrogens (primary N) is 1. The molecular formula is C41H67NO6. The largest absolute Gasteiger partial charge is 0.462 e. The summed E-state index contributed by atoms with van der Waals surface area (Å²) < 4.78 is 11.9. The third-order valence-corrected chi connectivity index (χ3v) is 15.1. The average molecular weight is 670 g/mol. The molecule has 5 aliphatic rings. The molecule has 9 atom stereocenters. The Bertz CT molecular complexity index is 1350. The van der Waals surface area contributed by atoms with E-state index in [0.717, 1.165) is 56.9 Å². The number of ketones is 1. The van der Waals surface area contributed by atoms with E-state index in [2.05, 4.69) is 48.5 Å². The molecule has 0 spiro atoms. The molecule has 48 heavy (non-hydrogen) atoms. The van der Waals surface area contributed by atoms with E-state index in [1.165, 1.54) is 5.57 Å². The fourth-order valence-corrected chi connectivity index (χ4v) is 12.6. The molecule has 0 bridgehead atoms. The van der Waals surface area contributed by atoms with Crippen LogP contribution in [0.4, 0.5) is 0 Å². The maximum Gasteiger partial charge on any atom is 0.312 e. The molecule has 7 nitrogen and oxygen atoms in total. The van der Waals surface area contributed by atoms with Crippen LogP contribution in [-0.4, -0.2) is 47.2 Å². The highest BCUT2D eigenvalue weighted by atomic mass is 16.6. The summed E-state index contributed by atoms with van der Waals surface area (Å²) in [6.45, 7) is 25.7. The molecule has 0 amide bonds.